The second-order valence-electron chi connectivity index (χ2n) is 10.8. The fraction of sp³-hybridized carbons (Fsp3) is 0.414. The van der Waals surface area contributed by atoms with Crippen molar-refractivity contribution in [2.45, 2.75) is 59.7 Å². The summed E-state index contributed by atoms with van der Waals surface area (Å²) in [4.78, 5) is 31.2. The highest BCUT2D eigenvalue weighted by atomic mass is 35.5. The van der Waals surface area contributed by atoms with E-state index in [0.29, 0.717) is 16.3 Å². The summed E-state index contributed by atoms with van der Waals surface area (Å²) in [5, 5.41) is 30.5. The first kappa shape index (κ1) is 33.1. The molecule has 0 radical (unpaired) electrons. The first-order valence-corrected chi connectivity index (χ1v) is 13.8. The SMILES string of the molecule is CCN(C(=O)CC(NC(=O)O)C(C)(C)C)[C@H]1CN(C(=Nc2cccc(OC(F)F)c2)NC#N)N=C1c1ccc(Cl)c(C)c1. The number of nitrogens with zero attached hydrogens (tertiary/aromatic N) is 5. The highest BCUT2D eigenvalue weighted by molar-refractivity contribution is 6.31. The first-order valence-electron chi connectivity index (χ1n) is 13.4. The van der Waals surface area contributed by atoms with Crippen LogP contribution in [0.5, 0.6) is 5.75 Å². The Balaban J connectivity index is 2.04. The minimum atomic E-state index is -3.02. The molecule has 0 saturated carbocycles. The van der Waals surface area contributed by atoms with Gasteiger partial charge in [0.1, 0.15) is 5.75 Å². The number of halogens is 3. The molecule has 11 nitrogen and oxygen atoms in total. The number of aryl methyl sites for hydroxylation is 1. The van der Waals surface area contributed by atoms with Crippen LogP contribution in [-0.2, 0) is 4.79 Å². The van der Waals surface area contributed by atoms with Gasteiger partial charge in [0.05, 0.1) is 24.0 Å². The van der Waals surface area contributed by atoms with Crippen molar-refractivity contribution in [3.05, 3.63) is 58.6 Å². The third kappa shape index (κ3) is 8.78. The van der Waals surface area contributed by atoms with E-state index in [1.807, 2.05) is 40.0 Å². The predicted octanol–water partition coefficient (Wildman–Crippen LogP) is 5.32. The Morgan fingerprint density at radius 3 is 2.60 bits per heavy atom. The molecule has 0 fully saturated rings. The molecule has 43 heavy (non-hydrogen) atoms. The van der Waals surface area contributed by atoms with Crippen molar-refractivity contribution in [3.63, 3.8) is 0 Å². The van der Waals surface area contributed by atoms with Crippen molar-refractivity contribution in [2.24, 2.45) is 15.5 Å². The van der Waals surface area contributed by atoms with Crippen LogP contribution in [0.2, 0.25) is 5.02 Å². The van der Waals surface area contributed by atoms with E-state index in [2.05, 4.69) is 20.4 Å². The topological polar surface area (TPSA) is 143 Å². The number of aliphatic imine (C=N–C) groups is 1. The number of nitriles is 1. The number of guanidine groups is 1. The molecule has 2 aromatic carbocycles. The Morgan fingerprint density at radius 2 is 2.02 bits per heavy atom. The van der Waals surface area contributed by atoms with Crippen molar-refractivity contribution in [3.8, 4) is 11.9 Å². The second-order valence-corrected chi connectivity index (χ2v) is 11.3. The lowest BCUT2D eigenvalue weighted by atomic mass is 9.84. The van der Waals surface area contributed by atoms with E-state index < -0.39 is 30.2 Å². The lowest BCUT2D eigenvalue weighted by Crippen LogP contribution is -2.51. The van der Waals surface area contributed by atoms with Gasteiger partial charge in [-0.15, -0.1) is 0 Å². The molecule has 3 rings (SSSR count). The van der Waals surface area contributed by atoms with Gasteiger partial charge in [0.25, 0.3) is 0 Å². The fourth-order valence-corrected chi connectivity index (χ4v) is 4.68. The molecule has 2 atom stereocenters. The van der Waals surface area contributed by atoms with Crippen LogP contribution in [0.3, 0.4) is 0 Å². The van der Waals surface area contributed by atoms with E-state index in [1.54, 1.807) is 30.0 Å². The molecule has 2 amide bonds. The number of alkyl halides is 2. The van der Waals surface area contributed by atoms with Crippen molar-refractivity contribution in [2.75, 3.05) is 13.1 Å². The lowest BCUT2D eigenvalue weighted by molar-refractivity contribution is -0.133. The monoisotopic (exact) mass is 617 g/mol. The van der Waals surface area contributed by atoms with Crippen molar-refractivity contribution in [1.29, 1.82) is 5.26 Å². The molecular weight excluding hydrogens is 584 g/mol. The van der Waals surface area contributed by atoms with Crippen LogP contribution in [-0.4, -0.2) is 70.5 Å². The number of carboxylic acid groups (broad SMARTS) is 1. The average Bonchev–Trinajstić information content (AvgIpc) is 3.34. The van der Waals surface area contributed by atoms with Gasteiger partial charge in [0.15, 0.2) is 6.19 Å². The maximum Gasteiger partial charge on any atom is 0.404 e. The standard InChI is InChI=1S/C29H34ClF2N7O4/c1-6-38(24(40)14-23(29(3,4)5)36-28(41)42)22-15-39(37-25(22)18-10-11-21(30)17(2)12-18)27(34-16-33)35-19-8-7-9-20(13-19)43-26(31)32/h7-13,22-23,26,36H,6,14-15H2,1-5H3,(H,34,35)(H,41,42)/t22-,23?/m0/s1. The van der Waals surface area contributed by atoms with E-state index in [4.69, 9.17) is 16.7 Å². The molecular formula is C29H34ClF2N7O4. The van der Waals surface area contributed by atoms with Crippen LogP contribution < -0.4 is 15.4 Å². The van der Waals surface area contributed by atoms with Gasteiger partial charge in [-0.1, -0.05) is 44.5 Å². The molecule has 2 aromatic rings. The quantitative estimate of drug-likeness (QED) is 0.150. The Bertz CT molecular complexity index is 1440. The van der Waals surface area contributed by atoms with Crippen molar-refractivity contribution >= 4 is 41.0 Å². The number of benzene rings is 2. The van der Waals surface area contributed by atoms with Crippen LogP contribution in [0, 0.1) is 23.8 Å². The minimum Gasteiger partial charge on any atom is -0.465 e. The molecule has 0 aliphatic carbocycles. The number of hydrazone groups is 1. The number of carbonyl (C=O) groups excluding carboxylic acids is 1. The summed E-state index contributed by atoms with van der Waals surface area (Å²) in [6, 6.07) is 9.69. The van der Waals surface area contributed by atoms with Gasteiger partial charge in [-0.05, 0) is 49.1 Å². The highest BCUT2D eigenvalue weighted by Gasteiger charge is 2.38. The van der Waals surface area contributed by atoms with E-state index in [1.165, 1.54) is 23.2 Å². The maximum atomic E-state index is 13.7. The zero-order valence-corrected chi connectivity index (χ0v) is 25.2. The Hall–Kier alpha value is -4.44. The minimum absolute atomic E-state index is 0.00834. The first-order chi connectivity index (χ1) is 20.2. The van der Waals surface area contributed by atoms with E-state index >= 15 is 0 Å². The van der Waals surface area contributed by atoms with E-state index in [9.17, 15) is 28.7 Å². The summed E-state index contributed by atoms with van der Waals surface area (Å²) in [5.74, 6) is -0.421. The number of hydrogen-bond donors (Lipinski definition) is 3. The van der Waals surface area contributed by atoms with E-state index in [0.717, 1.165) is 5.56 Å². The largest absolute Gasteiger partial charge is 0.465 e. The van der Waals surface area contributed by atoms with Gasteiger partial charge in [-0.3, -0.25) is 10.1 Å². The number of ether oxygens (including phenoxy) is 1. The predicted molar refractivity (Wildman–Crippen MR) is 159 cm³/mol. The maximum absolute atomic E-state index is 13.7. The molecule has 14 heteroatoms. The highest BCUT2D eigenvalue weighted by Crippen LogP contribution is 2.28. The summed E-state index contributed by atoms with van der Waals surface area (Å²) < 4.78 is 30.0. The molecule has 0 spiro atoms. The molecule has 0 aromatic heterocycles. The molecule has 1 unspecified atom stereocenters. The molecule has 1 aliphatic heterocycles. The molecule has 1 aliphatic rings. The van der Waals surface area contributed by atoms with Gasteiger partial charge in [0, 0.05) is 35.7 Å². The third-order valence-electron chi connectivity index (χ3n) is 6.79. The number of hydrogen-bond acceptors (Lipinski definition) is 6. The lowest BCUT2D eigenvalue weighted by Gasteiger charge is -2.34. The zero-order chi connectivity index (χ0) is 31.9. The van der Waals surface area contributed by atoms with Crippen molar-refractivity contribution < 1.29 is 28.2 Å². The number of carbonyl (C=O) groups is 2. The Morgan fingerprint density at radius 1 is 1.30 bits per heavy atom. The summed E-state index contributed by atoms with van der Waals surface area (Å²) in [5.41, 5.74) is 1.64. The summed E-state index contributed by atoms with van der Waals surface area (Å²) in [6.07, 6.45) is 0.495. The summed E-state index contributed by atoms with van der Waals surface area (Å²) in [6.45, 7) is 6.51. The van der Waals surface area contributed by atoms with Gasteiger partial charge in [0.2, 0.25) is 11.9 Å². The zero-order valence-electron chi connectivity index (χ0n) is 24.4. The molecule has 3 N–H and O–H groups in total. The molecule has 0 bridgehead atoms. The summed E-state index contributed by atoms with van der Waals surface area (Å²) >= 11 is 6.27. The molecule has 0 saturated heterocycles. The normalized spacial score (nSPS) is 15.9. The number of nitrogens with one attached hydrogen (secondary N) is 2. The summed E-state index contributed by atoms with van der Waals surface area (Å²) in [7, 11) is 0. The Labute approximate surface area is 253 Å². The van der Waals surface area contributed by atoms with Gasteiger partial charge in [-0.25, -0.2) is 14.8 Å². The Kier molecular flexibility index (Phi) is 10.9. The number of amides is 2. The van der Waals surface area contributed by atoms with Crippen LogP contribution in [0.4, 0.5) is 19.3 Å². The van der Waals surface area contributed by atoms with Crippen LogP contribution >= 0.6 is 11.6 Å². The number of likely N-dealkylation sites (N-methyl/N-ethyl adjacent to an activating group) is 1. The molecule has 230 valence electrons. The fourth-order valence-electron chi connectivity index (χ4n) is 4.56. The smallest absolute Gasteiger partial charge is 0.404 e. The average molecular weight is 618 g/mol. The van der Waals surface area contributed by atoms with Gasteiger partial charge in [-0.2, -0.15) is 19.1 Å². The van der Waals surface area contributed by atoms with Crippen LogP contribution in [0.15, 0.2) is 52.6 Å². The van der Waals surface area contributed by atoms with Crippen LogP contribution in [0.25, 0.3) is 0 Å². The van der Waals surface area contributed by atoms with Gasteiger partial charge < -0.3 is 20.1 Å². The third-order valence-corrected chi connectivity index (χ3v) is 7.22. The van der Waals surface area contributed by atoms with Crippen LogP contribution in [0.1, 0.15) is 45.2 Å². The molecule has 1 heterocycles. The second kappa shape index (κ2) is 14.2. The van der Waals surface area contributed by atoms with Gasteiger partial charge >= 0.3 is 12.7 Å². The van der Waals surface area contributed by atoms with E-state index in [-0.39, 0.29) is 42.8 Å². The number of rotatable bonds is 9. The van der Waals surface area contributed by atoms with Crippen molar-refractivity contribution in [1.82, 2.24) is 20.5 Å².